The van der Waals surface area contributed by atoms with Crippen molar-refractivity contribution in [2.45, 2.75) is 36.7 Å². The molecule has 178 valence electrons. The van der Waals surface area contributed by atoms with E-state index >= 15 is 0 Å². The van der Waals surface area contributed by atoms with Crippen LogP contribution in [0.25, 0.3) is 10.8 Å². The van der Waals surface area contributed by atoms with Gasteiger partial charge in [-0.3, -0.25) is 9.69 Å². The summed E-state index contributed by atoms with van der Waals surface area (Å²) in [5.74, 6) is -0.251. The van der Waals surface area contributed by atoms with Gasteiger partial charge in [0.1, 0.15) is 0 Å². The summed E-state index contributed by atoms with van der Waals surface area (Å²) in [6.07, 6.45) is 1.39. The maximum atomic E-state index is 13.4. The topological polar surface area (TPSA) is 75.7 Å². The molecule has 3 aromatic rings. The summed E-state index contributed by atoms with van der Waals surface area (Å²) in [4.78, 5) is 14.7. The summed E-state index contributed by atoms with van der Waals surface area (Å²) in [6.45, 7) is 3.59. The standard InChI is InChI=1S/C26H27ClN2O4S/c1-2-33-26(30)18-13-15-29(16-14-18)25-22-8-4-6-17-5-3-7-21(23(17)22)24(25)28-34(31,32)20-11-9-19(27)10-12-20/h3-12,18,24-25,28H,2,13-16H2,1H3/t24-,25-/m0/s1. The molecular weight excluding hydrogens is 472 g/mol. The number of esters is 1. The van der Waals surface area contributed by atoms with Gasteiger partial charge in [0.05, 0.1) is 29.5 Å². The highest BCUT2D eigenvalue weighted by Gasteiger charge is 2.42. The lowest BCUT2D eigenvalue weighted by Crippen LogP contribution is -2.43. The average molecular weight is 499 g/mol. The Morgan fingerprint density at radius 1 is 1.03 bits per heavy atom. The van der Waals surface area contributed by atoms with Crippen LogP contribution in [0, 0.1) is 5.92 Å². The van der Waals surface area contributed by atoms with Gasteiger partial charge in [0, 0.05) is 5.02 Å². The number of hydrogen-bond donors (Lipinski definition) is 1. The summed E-state index contributed by atoms with van der Waals surface area (Å²) in [5, 5.41) is 2.68. The number of halogens is 1. The van der Waals surface area contributed by atoms with Gasteiger partial charge in [0.15, 0.2) is 0 Å². The zero-order valence-electron chi connectivity index (χ0n) is 18.9. The minimum Gasteiger partial charge on any atom is -0.466 e. The Morgan fingerprint density at radius 2 is 1.68 bits per heavy atom. The molecule has 1 N–H and O–H groups in total. The van der Waals surface area contributed by atoms with Crippen molar-refractivity contribution < 1.29 is 17.9 Å². The largest absolute Gasteiger partial charge is 0.466 e. The van der Waals surface area contributed by atoms with E-state index < -0.39 is 16.1 Å². The summed E-state index contributed by atoms with van der Waals surface area (Å²) in [5.41, 5.74) is 2.09. The van der Waals surface area contributed by atoms with Crippen LogP contribution in [0.5, 0.6) is 0 Å². The van der Waals surface area contributed by atoms with Gasteiger partial charge in [-0.2, -0.15) is 0 Å². The van der Waals surface area contributed by atoms with Crippen molar-refractivity contribution in [1.82, 2.24) is 9.62 Å². The van der Waals surface area contributed by atoms with E-state index in [0.29, 0.717) is 37.6 Å². The third-order valence-electron chi connectivity index (χ3n) is 6.89. The molecule has 1 aliphatic carbocycles. The highest BCUT2D eigenvalue weighted by molar-refractivity contribution is 7.89. The van der Waals surface area contributed by atoms with Gasteiger partial charge in [-0.1, -0.05) is 48.0 Å². The molecule has 0 saturated carbocycles. The molecule has 2 atom stereocenters. The van der Waals surface area contributed by atoms with Crippen molar-refractivity contribution in [3.05, 3.63) is 76.8 Å². The second-order valence-electron chi connectivity index (χ2n) is 8.85. The molecule has 34 heavy (non-hydrogen) atoms. The van der Waals surface area contributed by atoms with Gasteiger partial charge in [-0.05, 0) is 79.0 Å². The van der Waals surface area contributed by atoms with Gasteiger partial charge in [-0.25, -0.2) is 13.1 Å². The van der Waals surface area contributed by atoms with Crippen LogP contribution in [0.15, 0.2) is 65.6 Å². The number of carbonyl (C=O) groups excluding carboxylic acids is 1. The Morgan fingerprint density at radius 3 is 2.32 bits per heavy atom. The number of carbonyl (C=O) groups is 1. The highest BCUT2D eigenvalue weighted by Crippen LogP contribution is 2.48. The number of sulfonamides is 1. The summed E-state index contributed by atoms with van der Waals surface area (Å²) >= 11 is 5.97. The minimum atomic E-state index is -3.79. The zero-order chi connectivity index (χ0) is 23.9. The van der Waals surface area contributed by atoms with Crippen LogP contribution in [-0.2, 0) is 19.6 Å². The average Bonchev–Trinajstić information content (AvgIpc) is 3.14. The van der Waals surface area contributed by atoms with E-state index in [1.54, 1.807) is 12.1 Å². The Bertz CT molecular complexity index is 1310. The molecule has 0 bridgehead atoms. The molecule has 2 aliphatic rings. The molecule has 0 spiro atoms. The normalized spacial score (nSPS) is 21.1. The van der Waals surface area contributed by atoms with E-state index in [1.807, 2.05) is 25.1 Å². The molecule has 1 saturated heterocycles. The molecule has 0 unspecified atom stereocenters. The fourth-order valence-corrected chi connectivity index (χ4v) is 6.66. The minimum absolute atomic E-state index is 0.111. The SMILES string of the molecule is CCOC(=O)C1CCN([C@H]2c3cccc4cccc(c34)[C@@H]2NS(=O)(=O)c2ccc(Cl)cc2)CC1. The summed E-state index contributed by atoms with van der Waals surface area (Å²) < 4.78 is 35.0. The molecule has 0 aromatic heterocycles. The van der Waals surface area contributed by atoms with E-state index in [4.69, 9.17) is 16.3 Å². The number of nitrogens with zero attached hydrogens (tertiary/aromatic N) is 1. The van der Waals surface area contributed by atoms with E-state index in [9.17, 15) is 13.2 Å². The lowest BCUT2D eigenvalue weighted by molar-refractivity contribution is -0.149. The van der Waals surface area contributed by atoms with E-state index in [0.717, 1.165) is 21.9 Å². The van der Waals surface area contributed by atoms with Crippen molar-refractivity contribution in [3.63, 3.8) is 0 Å². The van der Waals surface area contributed by atoms with Crippen molar-refractivity contribution >= 4 is 38.4 Å². The molecule has 1 fully saturated rings. The van der Waals surface area contributed by atoms with Crippen LogP contribution in [0.2, 0.25) is 5.02 Å². The number of nitrogens with one attached hydrogen (secondary N) is 1. The van der Waals surface area contributed by atoms with Gasteiger partial charge in [0.25, 0.3) is 0 Å². The lowest BCUT2D eigenvalue weighted by atomic mass is 9.93. The number of likely N-dealkylation sites (tertiary alicyclic amines) is 1. The molecule has 0 amide bonds. The van der Waals surface area contributed by atoms with E-state index in [-0.39, 0.29) is 22.8 Å². The molecule has 0 radical (unpaired) electrons. The van der Waals surface area contributed by atoms with Gasteiger partial charge < -0.3 is 4.74 Å². The second-order valence-corrected chi connectivity index (χ2v) is 11.0. The number of rotatable bonds is 6. The molecule has 5 rings (SSSR count). The lowest BCUT2D eigenvalue weighted by Gasteiger charge is -2.38. The molecule has 3 aromatic carbocycles. The first-order valence-electron chi connectivity index (χ1n) is 11.6. The smallest absolute Gasteiger partial charge is 0.309 e. The van der Waals surface area contributed by atoms with Crippen LogP contribution in [-0.4, -0.2) is 39.0 Å². The fourth-order valence-electron chi connectivity index (χ4n) is 5.31. The molecule has 1 aliphatic heterocycles. The van der Waals surface area contributed by atoms with Crippen molar-refractivity contribution in [2.24, 2.45) is 5.92 Å². The quantitative estimate of drug-likeness (QED) is 0.492. The molecule has 6 nitrogen and oxygen atoms in total. The van der Waals surface area contributed by atoms with Crippen LogP contribution in [0.3, 0.4) is 0 Å². The third kappa shape index (κ3) is 4.22. The van der Waals surface area contributed by atoms with Crippen molar-refractivity contribution in [2.75, 3.05) is 19.7 Å². The summed E-state index contributed by atoms with van der Waals surface area (Å²) in [7, 11) is -3.79. The van der Waals surface area contributed by atoms with E-state index in [2.05, 4.69) is 27.8 Å². The predicted octanol–water partition coefficient (Wildman–Crippen LogP) is 4.84. The van der Waals surface area contributed by atoms with Crippen LogP contribution in [0.1, 0.15) is 43.0 Å². The number of piperidine rings is 1. The number of ether oxygens (including phenoxy) is 1. The highest BCUT2D eigenvalue weighted by atomic mass is 35.5. The van der Waals surface area contributed by atoms with Crippen LogP contribution in [0.4, 0.5) is 0 Å². The Kier molecular flexibility index (Phi) is 6.37. The van der Waals surface area contributed by atoms with Crippen molar-refractivity contribution in [1.29, 1.82) is 0 Å². The first kappa shape index (κ1) is 23.3. The monoisotopic (exact) mass is 498 g/mol. The molecule has 1 heterocycles. The Labute approximate surface area is 204 Å². The maximum absolute atomic E-state index is 13.4. The number of benzene rings is 3. The first-order valence-corrected chi connectivity index (χ1v) is 13.5. The maximum Gasteiger partial charge on any atom is 0.309 e. The summed E-state index contributed by atoms with van der Waals surface area (Å²) in [6, 6.07) is 17.8. The zero-order valence-corrected chi connectivity index (χ0v) is 20.5. The fraction of sp³-hybridized carbons (Fsp3) is 0.346. The Hall–Kier alpha value is -2.45. The van der Waals surface area contributed by atoms with Gasteiger partial charge >= 0.3 is 5.97 Å². The van der Waals surface area contributed by atoms with Gasteiger partial charge in [0.2, 0.25) is 10.0 Å². The number of hydrogen-bond acceptors (Lipinski definition) is 5. The van der Waals surface area contributed by atoms with E-state index in [1.165, 1.54) is 12.1 Å². The third-order valence-corrected chi connectivity index (χ3v) is 8.60. The van der Waals surface area contributed by atoms with Crippen molar-refractivity contribution in [3.8, 4) is 0 Å². The second kappa shape index (κ2) is 9.30. The predicted molar refractivity (Wildman–Crippen MR) is 132 cm³/mol. The first-order chi connectivity index (χ1) is 16.4. The van der Waals surface area contributed by atoms with Crippen LogP contribution < -0.4 is 4.72 Å². The molecular formula is C26H27ClN2O4S. The Balaban J connectivity index is 1.49. The molecule has 8 heteroatoms. The van der Waals surface area contributed by atoms with Gasteiger partial charge in [-0.15, -0.1) is 0 Å². The van der Waals surface area contributed by atoms with Crippen LogP contribution >= 0.6 is 11.6 Å².